The smallest absolute Gasteiger partial charge is 0.0914 e. The average molecular weight is 281 g/mol. The van der Waals surface area contributed by atoms with Crippen molar-refractivity contribution in [3.8, 4) is 0 Å². The molecule has 2 heteroatoms. The largest absolute Gasteiger partial charge is 0.387 e. The molecule has 110 valence electrons. The Bertz CT molecular complexity index is 575. The minimum absolute atomic E-state index is 0.413. The molecule has 0 aliphatic heterocycles. The number of benzene rings is 2. The monoisotopic (exact) mass is 281 g/mol. The van der Waals surface area contributed by atoms with Crippen molar-refractivity contribution in [1.29, 1.82) is 0 Å². The molecule has 1 unspecified atom stereocenters. The average Bonchev–Trinajstić information content (AvgIpc) is 2.46. The lowest BCUT2D eigenvalue weighted by Crippen LogP contribution is -2.41. The van der Waals surface area contributed by atoms with Crippen LogP contribution < -0.4 is 5.32 Å². The number of hydrogen-bond acceptors (Lipinski definition) is 2. The van der Waals surface area contributed by atoms with Gasteiger partial charge in [0.25, 0.3) is 0 Å². The zero-order chi connectivity index (χ0) is 14.7. The zero-order valence-electron chi connectivity index (χ0n) is 12.5. The molecule has 0 bridgehead atoms. The summed E-state index contributed by atoms with van der Waals surface area (Å²) in [6, 6.07) is 19.2. The maximum Gasteiger partial charge on any atom is 0.0914 e. The lowest BCUT2D eigenvalue weighted by molar-refractivity contribution is 0.157. The molecule has 0 saturated heterocycles. The first-order valence-corrected chi connectivity index (χ1v) is 7.75. The Morgan fingerprint density at radius 2 is 1.86 bits per heavy atom. The molecule has 21 heavy (non-hydrogen) atoms. The summed E-state index contributed by atoms with van der Waals surface area (Å²) in [5.41, 5.74) is 3.78. The lowest BCUT2D eigenvalue weighted by atomic mass is 9.75. The first-order chi connectivity index (χ1) is 10.2. The number of aliphatic hydroxyl groups is 1. The molecule has 2 aromatic carbocycles. The second kappa shape index (κ2) is 6.42. The van der Waals surface area contributed by atoms with E-state index in [1.807, 2.05) is 30.3 Å². The van der Waals surface area contributed by atoms with Crippen LogP contribution in [0.4, 0.5) is 0 Å². The van der Waals surface area contributed by atoms with Crippen LogP contribution in [0.3, 0.4) is 0 Å². The van der Waals surface area contributed by atoms with Gasteiger partial charge >= 0.3 is 0 Å². The third-order valence-corrected chi connectivity index (χ3v) is 4.44. The normalized spacial score (nSPS) is 22.6. The molecular weight excluding hydrogens is 258 g/mol. The van der Waals surface area contributed by atoms with E-state index in [-0.39, 0.29) is 0 Å². The molecule has 0 heterocycles. The second-order valence-electron chi connectivity index (χ2n) is 6.11. The van der Waals surface area contributed by atoms with Gasteiger partial charge in [-0.25, -0.2) is 0 Å². The second-order valence-corrected chi connectivity index (χ2v) is 6.11. The first kappa shape index (κ1) is 14.3. The standard InChI is InChI=1S/C19H23NO/c1-14-6-5-9-16(10-14)17-11-18(12-17)20-13-19(21)15-7-3-2-4-8-15/h2-10,17-21H,11-13H2,1H3. The number of aliphatic hydroxyl groups excluding tert-OH is 1. The van der Waals surface area contributed by atoms with Crippen LogP contribution in [-0.2, 0) is 0 Å². The lowest BCUT2D eigenvalue weighted by Gasteiger charge is -2.37. The van der Waals surface area contributed by atoms with Gasteiger partial charge in [0.1, 0.15) is 0 Å². The summed E-state index contributed by atoms with van der Waals surface area (Å²) in [6.45, 7) is 2.78. The van der Waals surface area contributed by atoms with Gasteiger partial charge in [-0.15, -0.1) is 0 Å². The van der Waals surface area contributed by atoms with Crippen molar-refractivity contribution in [3.63, 3.8) is 0 Å². The van der Waals surface area contributed by atoms with Gasteiger partial charge < -0.3 is 10.4 Å². The molecule has 1 saturated carbocycles. The van der Waals surface area contributed by atoms with Crippen LogP contribution in [0.1, 0.15) is 41.6 Å². The number of aryl methyl sites for hydroxylation is 1. The van der Waals surface area contributed by atoms with Crippen LogP contribution in [0, 0.1) is 6.92 Å². The molecule has 2 N–H and O–H groups in total. The Kier molecular flexibility index (Phi) is 4.37. The Morgan fingerprint density at radius 1 is 1.10 bits per heavy atom. The Morgan fingerprint density at radius 3 is 2.57 bits per heavy atom. The van der Waals surface area contributed by atoms with E-state index >= 15 is 0 Å². The van der Waals surface area contributed by atoms with E-state index in [1.54, 1.807) is 0 Å². The number of nitrogens with one attached hydrogen (secondary N) is 1. The van der Waals surface area contributed by atoms with Crippen molar-refractivity contribution >= 4 is 0 Å². The van der Waals surface area contributed by atoms with Crippen molar-refractivity contribution in [1.82, 2.24) is 5.32 Å². The first-order valence-electron chi connectivity index (χ1n) is 7.75. The Hall–Kier alpha value is -1.64. The number of rotatable bonds is 5. The van der Waals surface area contributed by atoms with E-state index in [9.17, 15) is 5.11 Å². The minimum atomic E-state index is -0.413. The molecule has 1 aliphatic rings. The van der Waals surface area contributed by atoms with E-state index in [4.69, 9.17) is 0 Å². The predicted octanol–water partition coefficient (Wildman–Crippen LogP) is 3.56. The molecule has 2 aromatic rings. The summed E-state index contributed by atoms with van der Waals surface area (Å²) in [4.78, 5) is 0. The van der Waals surface area contributed by atoms with Crippen molar-refractivity contribution in [2.75, 3.05) is 6.54 Å². The van der Waals surface area contributed by atoms with Crippen LogP contribution in [0.25, 0.3) is 0 Å². The minimum Gasteiger partial charge on any atom is -0.387 e. The van der Waals surface area contributed by atoms with Crippen molar-refractivity contribution < 1.29 is 5.11 Å². The fourth-order valence-corrected chi connectivity index (χ4v) is 3.05. The summed E-state index contributed by atoms with van der Waals surface area (Å²) >= 11 is 0. The summed E-state index contributed by atoms with van der Waals surface area (Å²) in [6.07, 6.45) is 1.93. The molecule has 2 nitrogen and oxygen atoms in total. The van der Waals surface area contributed by atoms with Gasteiger partial charge in [0, 0.05) is 12.6 Å². The van der Waals surface area contributed by atoms with Gasteiger partial charge in [-0.2, -0.15) is 0 Å². The van der Waals surface area contributed by atoms with Crippen LogP contribution in [-0.4, -0.2) is 17.7 Å². The topological polar surface area (TPSA) is 32.3 Å². The highest BCUT2D eigenvalue weighted by Gasteiger charge is 2.30. The van der Waals surface area contributed by atoms with Crippen LogP contribution in [0.5, 0.6) is 0 Å². The highest BCUT2D eigenvalue weighted by atomic mass is 16.3. The summed E-state index contributed by atoms with van der Waals surface area (Å²) in [7, 11) is 0. The Balaban J connectivity index is 1.45. The van der Waals surface area contributed by atoms with Crippen molar-refractivity contribution in [2.24, 2.45) is 0 Å². The van der Waals surface area contributed by atoms with Crippen LogP contribution in [0.15, 0.2) is 54.6 Å². The highest BCUT2D eigenvalue weighted by Crippen LogP contribution is 2.37. The quantitative estimate of drug-likeness (QED) is 0.878. The van der Waals surface area contributed by atoms with Gasteiger partial charge in [-0.3, -0.25) is 0 Å². The summed E-state index contributed by atoms with van der Waals surface area (Å²) < 4.78 is 0. The molecule has 0 aromatic heterocycles. The Labute approximate surface area is 126 Å². The molecule has 3 rings (SSSR count). The van der Waals surface area contributed by atoms with Crippen molar-refractivity contribution in [3.05, 3.63) is 71.3 Å². The third kappa shape index (κ3) is 3.52. The fourth-order valence-electron chi connectivity index (χ4n) is 3.05. The SMILES string of the molecule is Cc1cccc(C2CC(NCC(O)c3ccccc3)C2)c1. The van der Waals surface area contributed by atoms with Gasteiger partial charge in [0.2, 0.25) is 0 Å². The summed E-state index contributed by atoms with van der Waals surface area (Å²) in [5.74, 6) is 0.677. The molecule has 1 atom stereocenters. The van der Waals surface area contributed by atoms with Gasteiger partial charge in [0.05, 0.1) is 6.10 Å². The number of hydrogen-bond donors (Lipinski definition) is 2. The maximum absolute atomic E-state index is 10.1. The van der Waals surface area contributed by atoms with E-state index in [2.05, 4.69) is 36.5 Å². The molecule has 0 spiro atoms. The van der Waals surface area contributed by atoms with E-state index in [1.165, 1.54) is 24.0 Å². The molecule has 1 aliphatic carbocycles. The molecule has 0 amide bonds. The van der Waals surface area contributed by atoms with Gasteiger partial charge in [0.15, 0.2) is 0 Å². The summed E-state index contributed by atoms with van der Waals surface area (Å²) in [5, 5.41) is 13.6. The van der Waals surface area contributed by atoms with Gasteiger partial charge in [-0.1, -0.05) is 60.2 Å². The molecular formula is C19H23NO. The van der Waals surface area contributed by atoms with E-state index in [0.29, 0.717) is 18.5 Å². The van der Waals surface area contributed by atoms with Crippen molar-refractivity contribution in [2.45, 2.75) is 37.8 Å². The highest BCUT2D eigenvalue weighted by molar-refractivity contribution is 5.27. The van der Waals surface area contributed by atoms with E-state index in [0.717, 1.165) is 5.56 Å². The van der Waals surface area contributed by atoms with E-state index < -0.39 is 6.10 Å². The maximum atomic E-state index is 10.1. The molecule has 1 fully saturated rings. The third-order valence-electron chi connectivity index (χ3n) is 4.44. The fraction of sp³-hybridized carbons (Fsp3) is 0.368. The zero-order valence-corrected chi connectivity index (χ0v) is 12.5. The molecule has 0 radical (unpaired) electrons. The van der Waals surface area contributed by atoms with Crippen LogP contribution >= 0.6 is 0 Å². The van der Waals surface area contributed by atoms with Crippen LogP contribution in [0.2, 0.25) is 0 Å². The predicted molar refractivity (Wildman–Crippen MR) is 86.3 cm³/mol. The van der Waals surface area contributed by atoms with Gasteiger partial charge in [-0.05, 0) is 36.8 Å².